The predicted molar refractivity (Wildman–Crippen MR) is 107 cm³/mol. The molecule has 0 saturated heterocycles. The average molecular weight is 330 g/mol. The van der Waals surface area contributed by atoms with Gasteiger partial charge in [0, 0.05) is 5.39 Å². The topological polar surface area (TPSA) is 38.9 Å². The summed E-state index contributed by atoms with van der Waals surface area (Å²) in [6.07, 6.45) is 0. The van der Waals surface area contributed by atoms with Crippen LogP contribution in [0.3, 0.4) is 0 Å². The fourth-order valence-electron chi connectivity index (χ4n) is 2.88. The summed E-state index contributed by atoms with van der Waals surface area (Å²) in [4.78, 5) is 8.45. The van der Waals surface area contributed by atoms with E-state index in [0.29, 0.717) is 27.9 Å². The highest BCUT2D eigenvalue weighted by atomic mass is 35.5. The number of halogens is 1. The predicted octanol–water partition coefficient (Wildman–Crippen LogP) is -1.33. The van der Waals surface area contributed by atoms with Crippen molar-refractivity contribution in [3.8, 4) is 11.3 Å². The standard InChI is InChI=1S/C16H4B5ClN2O/c17-9-8(10(18)12(20)13(21)11(9)19)14-7-5-3-1-2-4-6(5)25-15(7)24-16(22)23-14/h1-4H. The van der Waals surface area contributed by atoms with Crippen LogP contribution in [0.25, 0.3) is 33.3 Å². The molecule has 2 aromatic carbocycles. The molecule has 2 heterocycles. The van der Waals surface area contributed by atoms with Crippen LogP contribution in [-0.2, 0) is 0 Å². The molecule has 0 unspecified atom stereocenters. The molecule has 2 aromatic heterocycles. The van der Waals surface area contributed by atoms with Gasteiger partial charge in [0.15, 0.2) is 0 Å². The van der Waals surface area contributed by atoms with Gasteiger partial charge in [-0.15, -0.1) is 16.4 Å². The zero-order valence-corrected chi connectivity index (χ0v) is 13.6. The lowest BCUT2D eigenvalue weighted by molar-refractivity contribution is 0.653. The first kappa shape index (κ1) is 16.4. The minimum absolute atomic E-state index is 0.0191. The number of hydrogen-bond donors (Lipinski definition) is 0. The lowest BCUT2D eigenvalue weighted by atomic mass is 9.60. The lowest BCUT2D eigenvalue weighted by Crippen LogP contribution is -2.55. The summed E-state index contributed by atoms with van der Waals surface area (Å²) >= 11 is 6.07. The number of hydrogen-bond acceptors (Lipinski definition) is 3. The molecule has 4 rings (SSSR count). The van der Waals surface area contributed by atoms with E-state index in [9.17, 15) is 0 Å². The molecule has 4 aromatic rings. The normalized spacial score (nSPS) is 11.4. The van der Waals surface area contributed by atoms with Crippen LogP contribution in [0.4, 0.5) is 0 Å². The van der Waals surface area contributed by atoms with Crippen LogP contribution >= 0.6 is 11.6 Å². The maximum Gasteiger partial charge on any atom is 0.232 e. The smallest absolute Gasteiger partial charge is 0.232 e. The molecule has 0 aliphatic rings. The van der Waals surface area contributed by atoms with Crippen molar-refractivity contribution in [1.29, 1.82) is 0 Å². The Bertz CT molecular complexity index is 1150. The van der Waals surface area contributed by atoms with Gasteiger partial charge in [-0.25, -0.2) is 4.98 Å². The molecule has 9 heteroatoms. The molecular weight excluding hydrogens is 326 g/mol. The number of rotatable bonds is 1. The Morgan fingerprint density at radius 1 is 0.800 bits per heavy atom. The zero-order valence-electron chi connectivity index (χ0n) is 12.9. The van der Waals surface area contributed by atoms with Crippen molar-refractivity contribution >= 4 is 100 Å². The van der Waals surface area contributed by atoms with E-state index in [0.717, 1.165) is 5.39 Å². The van der Waals surface area contributed by atoms with Crippen LogP contribution in [0, 0.1) is 0 Å². The Balaban J connectivity index is 2.23. The van der Waals surface area contributed by atoms with E-state index in [2.05, 4.69) is 9.97 Å². The first-order valence-electron chi connectivity index (χ1n) is 7.26. The fourth-order valence-corrected chi connectivity index (χ4v) is 3.04. The fraction of sp³-hybridized carbons (Fsp3) is 0. The van der Waals surface area contributed by atoms with Gasteiger partial charge < -0.3 is 4.42 Å². The second-order valence-electron chi connectivity index (χ2n) is 5.56. The van der Waals surface area contributed by atoms with Crippen LogP contribution in [-0.4, -0.2) is 49.2 Å². The minimum atomic E-state index is -0.0191. The highest BCUT2D eigenvalue weighted by Gasteiger charge is 2.20. The molecule has 0 aliphatic carbocycles. The van der Waals surface area contributed by atoms with Crippen molar-refractivity contribution in [3.63, 3.8) is 0 Å². The Kier molecular flexibility index (Phi) is 3.76. The van der Waals surface area contributed by atoms with Crippen molar-refractivity contribution in [3.05, 3.63) is 29.5 Å². The zero-order chi connectivity index (χ0) is 17.9. The Morgan fingerprint density at radius 3 is 2.08 bits per heavy atom. The summed E-state index contributed by atoms with van der Waals surface area (Å²) in [7, 11) is 30.1. The van der Waals surface area contributed by atoms with E-state index >= 15 is 0 Å². The Labute approximate surface area is 155 Å². The van der Waals surface area contributed by atoms with Gasteiger partial charge in [-0.3, -0.25) is 0 Å². The highest BCUT2D eigenvalue weighted by molar-refractivity contribution is 6.68. The summed E-state index contributed by atoms with van der Waals surface area (Å²) in [5, 5.41) is 1.38. The third kappa shape index (κ3) is 2.35. The van der Waals surface area contributed by atoms with Gasteiger partial charge in [-0.05, 0) is 23.2 Å². The number of benzene rings is 2. The second-order valence-corrected chi connectivity index (χ2v) is 5.90. The van der Waals surface area contributed by atoms with Gasteiger partial charge in [-0.2, -0.15) is 4.98 Å². The van der Waals surface area contributed by atoms with Crippen LogP contribution in [0.5, 0.6) is 0 Å². The van der Waals surface area contributed by atoms with E-state index in [1.165, 1.54) is 0 Å². The summed E-state index contributed by atoms with van der Waals surface area (Å²) in [5.74, 6) is 0. The lowest BCUT2D eigenvalue weighted by Gasteiger charge is -2.21. The van der Waals surface area contributed by atoms with Crippen LogP contribution in [0.1, 0.15) is 0 Å². The van der Waals surface area contributed by atoms with E-state index in [-0.39, 0.29) is 32.6 Å². The van der Waals surface area contributed by atoms with Crippen molar-refractivity contribution < 1.29 is 4.42 Å². The molecule has 0 spiro atoms. The molecule has 10 radical (unpaired) electrons. The summed E-state index contributed by atoms with van der Waals surface area (Å²) in [6.45, 7) is 0. The Morgan fingerprint density at radius 2 is 1.40 bits per heavy atom. The number of aromatic nitrogens is 2. The van der Waals surface area contributed by atoms with Crippen LogP contribution in [0.15, 0.2) is 28.7 Å². The second kappa shape index (κ2) is 5.74. The third-order valence-corrected chi connectivity index (χ3v) is 4.32. The van der Waals surface area contributed by atoms with Crippen molar-refractivity contribution in [2.45, 2.75) is 0 Å². The van der Waals surface area contributed by atoms with Crippen molar-refractivity contribution in [2.24, 2.45) is 0 Å². The van der Waals surface area contributed by atoms with Gasteiger partial charge in [0.25, 0.3) is 0 Å². The molecule has 0 fully saturated rings. The largest absolute Gasteiger partial charge is 0.438 e. The summed E-state index contributed by atoms with van der Waals surface area (Å²) in [6, 6.07) is 7.40. The van der Waals surface area contributed by atoms with Crippen molar-refractivity contribution in [1.82, 2.24) is 9.97 Å². The molecular formula is C16H4B5ClN2O. The van der Waals surface area contributed by atoms with Gasteiger partial charge in [-0.1, -0.05) is 29.1 Å². The molecule has 0 amide bonds. The maximum atomic E-state index is 6.16. The molecule has 0 atom stereocenters. The monoisotopic (exact) mass is 330 g/mol. The third-order valence-electron chi connectivity index (χ3n) is 4.15. The molecule has 25 heavy (non-hydrogen) atoms. The number of nitrogens with zero attached hydrogens (tertiary/aromatic N) is 2. The van der Waals surface area contributed by atoms with Gasteiger partial charge >= 0.3 is 0 Å². The minimum Gasteiger partial charge on any atom is -0.438 e. The number of para-hydroxylation sites is 1. The van der Waals surface area contributed by atoms with E-state index in [1.807, 2.05) is 24.3 Å². The van der Waals surface area contributed by atoms with Gasteiger partial charge in [0.1, 0.15) is 44.8 Å². The molecule has 106 valence electrons. The van der Waals surface area contributed by atoms with Gasteiger partial charge in [0.2, 0.25) is 11.0 Å². The summed E-state index contributed by atoms with van der Waals surface area (Å²) in [5.41, 5.74) is 2.42. The van der Waals surface area contributed by atoms with E-state index in [1.54, 1.807) is 0 Å². The molecule has 0 saturated carbocycles. The highest BCUT2D eigenvalue weighted by Crippen LogP contribution is 2.33. The summed E-state index contributed by atoms with van der Waals surface area (Å²) < 4.78 is 5.75. The average Bonchev–Trinajstić information content (AvgIpc) is 2.96. The molecule has 0 bridgehead atoms. The van der Waals surface area contributed by atoms with E-state index in [4.69, 9.17) is 55.2 Å². The molecule has 0 aliphatic heterocycles. The van der Waals surface area contributed by atoms with Gasteiger partial charge in [0.05, 0.1) is 11.1 Å². The SMILES string of the molecule is [B]c1c([B])c([B])c(-c2nc(Cl)nc3oc4ccccc4c23)c([B])c1[B]. The number of furan rings is 1. The van der Waals surface area contributed by atoms with Crippen LogP contribution < -0.4 is 27.3 Å². The van der Waals surface area contributed by atoms with Crippen molar-refractivity contribution in [2.75, 3.05) is 0 Å². The maximum absolute atomic E-state index is 6.16. The quantitative estimate of drug-likeness (QED) is 0.321. The molecule has 3 nitrogen and oxygen atoms in total. The first-order valence-corrected chi connectivity index (χ1v) is 7.64. The van der Waals surface area contributed by atoms with E-state index < -0.39 is 0 Å². The van der Waals surface area contributed by atoms with Crippen LogP contribution in [0.2, 0.25) is 5.28 Å². The number of fused-ring (bicyclic) bond motifs is 3. The molecule has 0 N–H and O–H groups in total. The Hall–Kier alpha value is -2.07. The first-order chi connectivity index (χ1) is 11.9.